The number of nitrogens with zero attached hydrogens (tertiary/aromatic N) is 3. The Morgan fingerprint density at radius 3 is 2.57 bits per heavy atom. The van der Waals surface area contributed by atoms with Gasteiger partial charge in [0.15, 0.2) is 0 Å². The van der Waals surface area contributed by atoms with Crippen LogP contribution in [0.5, 0.6) is 0 Å². The van der Waals surface area contributed by atoms with E-state index in [9.17, 15) is 9.59 Å². The smallest absolute Gasteiger partial charge is 0.266 e. The van der Waals surface area contributed by atoms with Crippen molar-refractivity contribution in [2.45, 2.75) is 13.1 Å². The highest BCUT2D eigenvalue weighted by Gasteiger charge is 2.07. The van der Waals surface area contributed by atoms with Crippen LogP contribution in [0.3, 0.4) is 0 Å². The molecular formula is C22H20N4O2. The summed E-state index contributed by atoms with van der Waals surface area (Å²) >= 11 is 0. The molecule has 0 fully saturated rings. The van der Waals surface area contributed by atoms with Crippen molar-refractivity contribution >= 4 is 16.8 Å². The highest BCUT2D eigenvalue weighted by Crippen LogP contribution is 2.15. The van der Waals surface area contributed by atoms with Gasteiger partial charge in [-0.25, -0.2) is 4.68 Å². The first kappa shape index (κ1) is 17.7. The lowest BCUT2D eigenvalue weighted by Crippen LogP contribution is -2.33. The Bertz CT molecular complexity index is 1160. The second-order valence-corrected chi connectivity index (χ2v) is 6.50. The minimum atomic E-state index is -0.190. The Morgan fingerprint density at radius 2 is 1.71 bits per heavy atom. The molecule has 0 spiro atoms. The summed E-state index contributed by atoms with van der Waals surface area (Å²) < 4.78 is 3.29. The molecule has 28 heavy (non-hydrogen) atoms. The Balaban J connectivity index is 1.38. The van der Waals surface area contributed by atoms with Gasteiger partial charge in [0.2, 0.25) is 5.91 Å². The van der Waals surface area contributed by atoms with E-state index in [4.69, 9.17) is 0 Å². The zero-order chi connectivity index (χ0) is 19.3. The van der Waals surface area contributed by atoms with E-state index < -0.39 is 0 Å². The van der Waals surface area contributed by atoms with E-state index in [-0.39, 0.29) is 18.0 Å². The van der Waals surface area contributed by atoms with Gasteiger partial charge in [0.05, 0.1) is 12.2 Å². The van der Waals surface area contributed by atoms with E-state index in [0.717, 1.165) is 22.2 Å². The van der Waals surface area contributed by atoms with Crippen LogP contribution in [-0.4, -0.2) is 26.8 Å². The van der Waals surface area contributed by atoms with Gasteiger partial charge in [-0.15, -0.1) is 0 Å². The maximum Gasteiger partial charge on any atom is 0.266 e. The Morgan fingerprint density at radius 1 is 0.929 bits per heavy atom. The number of aromatic nitrogens is 3. The van der Waals surface area contributed by atoms with E-state index in [1.165, 1.54) is 10.7 Å². The van der Waals surface area contributed by atoms with Crippen LogP contribution in [0.25, 0.3) is 22.2 Å². The molecule has 0 saturated carbocycles. The molecule has 4 aromatic rings. The summed E-state index contributed by atoms with van der Waals surface area (Å²) in [6.45, 7) is 0.890. The quantitative estimate of drug-likeness (QED) is 0.566. The molecule has 4 rings (SSSR count). The summed E-state index contributed by atoms with van der Waals surface area (Å²) in [5.41, 5.74) is 2.50. The monoisotopic (exact) mass is 372 g/mol. The Hall–Kier alpha value is -3.67. The van der Waals surface area contributed by atoms with E-state index >= 15 is 0 Å². The number of amides is 1. The van der Waals surface area contributed by atoms with Gasteiger partial charge in [-0.2, -0.15) is 5.10 Å². The van der Waals surface area contributed by atoms with Gasteiger partial charge in [-0.05, 0) is 23.6 Å². The van der Waals surface area contributed by atoms with Crippen molar-refractivity contribution in [1.82, 2.24) is 19.7 Å². The van der Waals surface area contributed by atoms with E-state index in [0.29, 0.717) is 13.1 Å². The summed E-state index contributed by atoms with van der Waals surface area (Å²) in [5.74, 6) is -0.103. The van der Waals surface area contributed by atoms with Crippen LogP contribution in [0.2, 0.25) is 0 Å². The number of nitrogens with one attached hydrogen (secondary N) is 1. The van der Waals surface area contributed by atoms with Crippen molar-refractivity contribution in [3.05, 3.63) is 89.3 Å². The van der Waals surface area contributed by atoms with Crippen LogP contribution in [0.1, 0.15) is 0 Å². The van der Waals surface area contributed by atoms with Gasteiger partial charge in [0.25, 0.3) is 5.56 Å². The van der Waals surface area contributed by atoms with Gasteiger partial charge in [0, 0.05) is 29.9 Å². The molecule has 2 aromatic carbocycles. The first-order chi connectivity index (χ1) is 13.7. The van der Waals surface area contributed by atoms with Crippen LogP contribution in [0.15, 0.2) is 83.8 Å². The number of para-hydroxylation sites is 1. The highest BCUT2D eigenvalue weighted by atomic mass is 16.2. The average molecular weight is 372 g/mol. The summed E-state index contributed by atoms with van der Waals surface area (Å²) in [5, 5.41) is 8.37. The normalized spacial score (nSPS) is 10.9. The van der Waals surface area contributed by atoms with Crippen molar-refractivity contribution in [2.75, 3.05) is 6.54 Å². The van der Waals surface area contributed by atoms with E-state index in [1.807, 2.05) is 71.4 Å². The molecule has 1 amide bonds. The van der Waals surface area contributed by atoms with Crippen molar-refractivity contribution in [1.29, 1.82) is 0 Å². The van der Waals surface area contributed by atoms with Gasteiger partial charge in [0.1, 0.15) is 6.54 Å². The number of carbonyl (C=O) groups is 1. The van der Waals surface area contributed by atoms with Crippen molar-refractivity contribution in [2.24, 2.45) is 0 Å². The molecular weight excluding hydrogens is 352 g/mol. The molecule has 1 N–H and O–H groups in total. The van der Waals surface area contributed by atoms with Crippen LogP contribution in [0.4, 0.5) is 0 Å². The van der Waals surface area contributed by atoms with Crippen LogP contribution in [0, 0.1) is 0 Å². The van der Waals surface area contributed by atoms with Crippen LogP contribution in [-0.2, 0) is 17.9 Å². The first-order valence-electron chi connectivity index (χ1n) is 9.15. The fourth-order valence-corrected chi connectivity index (χ4v) is 3.16. The zero-order valence-electron chi connectivity index (χ0n) is 15.3. The number of benzene rings is 2. The summed E-state index contributed by atoms with van der Waals surface area (Å²) in [7, 11) is 0. The third kappa shape index (κ3) is 3.86. The zero-order valence-corrected chi connectivity index (χ0v) is 15.3. The summed E-state index contributed by atoms with van der Waals surface area (Å²) in [6, 6.07) is 22.8. The molecule has 2 heterocycles. The van der Waals surface area contributed by atoms with E-state index in [2.05, 4.69) is 10.4 Å². The predicted molar refractivity (Wildman–Crippen MR) is 109 cm³/mol. The molecule has 0 atom stereocenters. The minimum absolute atomic E-state index is 0.103. The third-order valence-corrected chi connectivity index (χ3v) is 4.58. The molecule has 6 heteroatoms. The van der Waals surface area contributed by atoms with Crippen molar-refractivity contribution in [3.63, 3.8) is 0 Å². The number of hydrogen-bond acceptors (Lipinski definition) is 3. The Kier molecular flexibility index (Phi) is 5.01. The van der Waals surface area contributed by atoms with Gasteiger partial charge < -0.3 is 9.88 Å². The SMILES string of the molecule is O=C(Cn1ccc2ccccc21)NCCn1nc(-c2ccccc2)ccc1=O. The molecule has 140 valence electrons. The van der Waals surface area contributed by atoms with E-state index in [1.54, 1.807) is 6.07 Å². The topological polar surface area (TPSA) is 68.9 Å². The lowest BCUT2D eigenvalue weighted by molar-refractivity contribution is -0.121. The molecule has 0 saturated heterocycles. The third-order valence-electron chi connectivity index (χ3n) is 4.58. The molecule has 2 aromatic heterocycles. The first-order valence-corrected chi connectivity index (χ1v) is 9.15. The maximum atomic E-state index is 12.3. The van der Waals surface area contributed by atoms with Gasteiger partial charge >= 0.3 is 0 Å². The molecule has 0 aliphatic rings. The number of fused-ring (bicyclic) bond motifs is 1. The fourth-order valence-electron chi connectivity index (χ4n) is 3.16. The molecule has 0 aliphatic heterocycles. The largest absolute Gasteiger partial charge is 0.353 e. The lowest BCUT2D eigenvalue weighted by Gasteiger charge is -2.09. The fraction of sp³-hybridized carbons (Fsp3) is 0.136. The molecule has 0 aliphatic carbocycles. The second-order valence-electron chi connectivity index (χ2n) is 6.50. The minimum Gasteiger partial charge on any atom is -0.353 e. The van der Waals surface area contributed by atoms with Crippen LogP contribution >= 0.6 is 0 Å². The number of rotatable bonds is 6. The van der Waals surface area contributed by atoms with Crippen molar-refractivity contribution in [3.8, 4) is 11.3 Å². The second kappa shape index (κ2) is 7.92. The van der Waals surface area contributed by atoms with Crippen molar-refractivity contribution < 1.29 is 4.79 Å². The lowest BCUT2D eigenvalue weighted by atomic mass is 10.1. The number of carbonyl (C=O) groups excluding carboxylic acids is 1. The summed E-state index contributed by atoms with van der Waals surface area (Å²) in [4.78, 5) is 24.3. The van der Waals surface area contributed by atoms with Crippen LogP contribution < -0.4 is 10.9 Å². The summed E-state index contributed by atoms with van der Waals surface area (Å²) in [6.07, 6.45) is 1.90. The number of hydrogen-bond donors (Lipinski definition) is 1. The van der Waals surface area contributed by atoms with Gasteiger partial charge in [-0.1, -0.05) is 48.5 Å². The molecule has 0 radical (unpaired) electrons. The Labute approximate surface area is 162 Å². The molecule has 0 unspecified atom stereocenters. The molecule has 6 nitrogen and oxygen atoms in total. The molecule has 0 bridgehead atoms. The predicted octanol–water partition coefficient (Wildman–Crippen LogP) is 2.68. The standard InChI is InChI=1S/C22H20N4O2/c27-21(16-25-14-12-18-8-4-5-9-20(18)25)23-13-15-26-22(28)11-10-19(24-26)17-6-2-1-3-7-17/h1-12,14H,13,15-16H2,(H,23,27). The van der Waals surface area contributed by atoms with Gasteiger partial charge in [-0.3, -0.25) is 9.59 Å². The maximum absolute atomic E-state index is 12.3. The highest BCUT2D eigenvalue weighted by molar-refractivity contribution is 5.83. The average Bonchev–Trinajstić information content (AvgIpc) is 3.13.